The van der Waals surface area contributed by atoms with Crippen molar-refractivity contribution < 1.29 is 0 Å². The lowest BCUT2D eigenvalue weighted by atomic mass is 9.81. The predicted octanol–water partition coefficient (Wildman–Crippen LogP) is 3.82. The lowest BCUT2D eigenvalue weighted by Gasteiger charge is -2.18. The fraction of sp³-hybridized carbons (Fsp3) is 0.105. The van der Waals surface area contributed by atoms with Gasteiger partial charge in [0.1, 0.15) is 5.92 Å². The van der Waals surface area contributed by atoms with Crippen molar-refractivity contribution in [2.75, 3.05) is 0 Å². The molecule has 2 N–H and O–H groups in total. The number of aromatic amines is 2. The molecule has 0 radical (unpaired) electrons. The molecule has 25 heavy (non-hydrogen) atoms. The summed E-state index contributed by atoms with van der Waals surface area (Å²) in [5, 5.41) is 24.9. The van der Waals surface area contributed by atoms with Gasteiger partial charge in [-0.3, -0.25) is 15.0 Å². The van der Waals surface area contributed by atoms with Crippen LogP contribution >= 0.6 is 11.6 Å². The summed E-state index contributed by atoms with van der Waals surface area (Å²) in [6, 6.07) is 20.1. The highest BCUT2D eigenvalue weighted by molar-refractivity contribution is 6.30. The van der Waals surface area contributed by atoms with Gasteiger partial charge in [-0.1, -0.05) is 54.1 Å². The number of nitrogens with zero attached hydrogens (tertiary/aromatic N) is 2. The van der Waals surface area contributed by atoms with Crippen LogP contribution < -0.4 is 5.56 Å². The fourth-order valence-corrected chi connectivity index (χ4v) is 3.00. The maximum atomic E-state index is 12.5. The standard InChI is InChI=1S/C19H13ClN4O/c20-15-8-6-12(7-9-15)16(14(10-21)11-22)17-18(23-24-19(17)25)13-4-2-1-3-5-13/h1-9,14,16H,(H2,23,24,25). The topological polar surface area (TPSA) is 96.2 Å². The molecule has 3 rings (SSSR count). The van der Waals surface area contributed by atoms with E-state index in [0.29, 0.717) is 21.8 Å². The van der Waals surface area contributed by atoms with Gasteiger partial charge >= 0.3 is 0 Å². The first-order chi connectivity index (χ1) is 12.2. The van der Waals surface area contributed by atoms with Crippen LogP contribution in [0.3, 0.4) is 0 Å². The summed E-state index contributed by atoms with van der Waals surface area (Å²) in [7, 11) is 0. The third-order valence-corrected chi connectivity index (χ3v) is 4.28. The van der Waals surface area contributed by atoms with Crippen LogP contribution in [-0.2, 0) is 0 Å². The molecule has 0 saturated heterocycles. The maximum absolute atomic E-state index is 12.5. The smallest absolute Gasteiger partial charge is 0.268 e. The SMILES string of the molecule is N#CC(C#N)C(c1ccc(Cl)cc1)c1c(-c2ccccc2)[nH][nH]c1=O. The summed E-state index contributed by atoms with van der Waals surface area (Å²) in [4.78, 5) is 12.5. The van der Waals surface area contributed by atoms with Gasteiger partial charge in [-0.05, 0) is 23.3 Å². The van der Waals surface area contributed by atoms with E-state index in [2.05, 4.69) is 10.2 Å². The van der Waals surface area contributed by atoms with Crippen LogP contribution in [-0.4, -0.2) is 10.2 Å². The van der Waals surface area contributed by atoms with Gasteiger partial charge in [0.05, 0.1) is 23.4 Å². The molecule has 0 fully saturated rings. The summed E-state index contributed by atoms with van der Waals surface area (Å²) in [6.45, 7) is 0. The summed E-state index contributed by atoms with van der Waals surface area (Å²) in [5.41, 5.74) is 2.06. The van der Waals surface area contributed by atoms with E-state index in [0.717, 1.165) is 5.56 Å². The van der Waals surface area contributed by atoms with E-state index >= 15 is 0 Å². The van der Waals surface area contributed by atoms with Crippen molar-refractivity contribution in [3.63, 3.8) is 0 Å². The highest BCUT2D eigenvalue weighted by Crippen LogP contribution is 2.35. The van der Waals surface area contributed by atoms with Crippen molar-refractivity contribution in [3.8, 4) is 23.4 Å². The molecular formula is C19H13ClN4O. The molecule has 1 aromatic heterocycles. The van der Waals surface area contributed by atoms with Crippen LogP contribution in [0.2, 0.25) is 5.02 Å². The Labute approximate surface area is 149 Å². The number of H-pyrrole nitrogens is 2. The average Bonchev–Trinajstić information content (AvgIpc) is 3.02. The Bertz CT molecular complexity index is 993. The molecule has 0 spiro atoms. The van der Waals surface area contributed by atoms with E-state index in [9.17, 15) is 15.3 Å². The van der Waals surface area contributed by atoms with Gasteiger partial charge in [0.15, 0.2) is 0 Å². The van der Waals surface area contributed by atoms with Gasteiger partial charge in [-0.2, -0.15) is 10.5 Å². The summed E-state index contributed by atoms with van der Waals surface area (Å²) >= 11 is 5.94. The maximum Gasteiger partial charge on any atom is 0.268 e. The van der Waals surface area contributed by atoms with Gasteiger partial charge < -0.3 is 0 Å². The Balaban J connectivity index is 2.23. The summed E-state index contributed by atoms with van der Waals surface area (Å²) in [6.07, 6.45) is 0. The van der Waals surface area contributed by atoms with Gasteiger partial charge in [0.2, 0.25) is 0 Å². The number of hydrogen-bond acceptors (Lipinski definition) is 3. The quantitative estimate of drug-likeness (QED) is 0.750. The first-order valence-electron chi connectivity index (χ1n) is 7.56. The Morgan fingerprint density at radius 3 is 2.16 bits per heavy atom. The van der Waals surface area contributed by atoms with Crippen molar-refractivity contribution >= 4 is 11.6 Å². The minimum atomic E-state index is -1.01. The van der Waals surface area contributed by atoms with Crippen molar-refractivity contribution in [1.29, 1.82) is 10.5 Å². The van der Waals surface area contributed by atoms with E-state index in [-0.39, 0.29) is 5.56 Å². The normalized spacial score (nSPS) is 11.7. The number of halogens is 1. The monoisotopic (exact) mass is 348 g/mol. The molecule has 2 aromatic carbocycles. The second-order valence-corrected chi connectivity index (χ2v) is 5.94. The second kappa shape index (κ2) is 7.09. The van der Waals surface area contributed by atoms with E-state index in [4.69, 9.17) is 11.6 Å². The van der Waals surface area contributed by atoms with Gasteiger partial charge in [0.25, 0.3) is 5.56 Å². The molecule has 1 heterocycles. The molecule has 1 atom stereocenters. The molecule has 1 unspecified atom stereocenters. The Morgan fingerprint density at radius 2 is 1.56 bits per heavy atom. The number of rotatable bonds is 4. The second-order valence-electron chi connectivity index (χ2n) is 5.50. The Kier molecular flexibility index (Phi) is 4.70. The van der Waals surface area contributed by atoms with Crippen molar-refractivity contribution in [1.82, 2.24) is 10.2 Å². The highest BCUT2D eigenvalue weighted by Gasteiger charge is 2.31. The predicted molar refractivity (Wildman–Crippen MR) is 94.9 cm³/mol. The molecule has 5 nitrogen and oxygen atoms in total. The number of nitriles is 2. The van der Waals surface area contributed by atoms with E-state index in [1.165, 1.54) is 0 Å². The number of benzene rings is 2. The average molecular weight is 349 g/mol. The lowest BCUT2D eigenvalue weighted by Crippen LogP contribution is -2.19. The van der Waals surface area contributed by atoms with Crippen molar-refractivity contribution in [2.24, 2.45) is 5.92 Å². The van der Waals surface area contributed by atoms with Crippen LogP contribution in [0.5, 0.6) is 0 Å². The van der Waals surface area contributed by atoms with Crippen LogP contribution in [0.4, 0.5) is 0 Å². The fourth-order valence-electron chi connectivity index (χ4n) is 2.87. The molecule has 122 valence electrons. The molecule has 0 aliphatic carbocycles. The Hall–Kier alpha value is -3.28. The number of hydrogen-bond donors (Lipinski definition) is 2. The first-order valence-corrected chi connectivity index (χ1v) is 7.94. The van der Waals surface area contributed by atoms with E-state index in [1.807, 2.05) is 42.5 Å². The minimum absolute atomic E-state index is 0.352. The van der Waals surface area contributed by atoms with Crippen LogP contribution in [0, 0.1) is 28.6 Å². The molecule has 0 bridgehead atoms. The van der Waals surface area contributed by atoms with Crippen molar-refractivity contribution in [2.45, 2.75) is 5.92 Å². The third-order valence-electron chi connectivity index (χ3n) is 4.03. The highest BCUT2D eigenvalue weighted by atomic mass is 35.5. The third kappa shape index (κ3) is 3.19. The summed E-state index contributed by atoms with van der Waals surface area (Å²) < 4.78 is 0. The van der Waals surface area contributed by atoms with Crippen LogP contribution in [0.15, 0.2) is 59.4 Å². The zero-order valence-electron chi connectivity index (χ0n) is 13.0. The molecule has 0 amide bonds. The van der Waals surface area contributed by atoms with Gasteiger partial charge in [-0.15, -0.1) is 0 Å². The van der Waals surface area contributed by atoms with Crippen molar-refractivity contribution in [3.05, 3.63) is 81.1 Å². The van der Waals surface area contributed by atoms with E-state index in [1.54, 1.807) is 24.3 Å². The van der Waals surface area contributed by atoms with Gasteiger partial charge in [0, 0.05) is 10.9 Å². The zero-order valence-corrected chi connectivity index (χ0v) is 13.8. The largest absolute Gasteiger partial charge is 0.297 e. The Morgan fingerprint density at radius 1 is 0.920 bits per heavy atom. The number of nitrogens with one attached hydrogen (secondary N) is 2. The minimum Gasteiger partial charge on any atom is -0.297 e. The molecule has 3 aromatic rings. The zero-order chi connectivity index (χ0) is 17.8. The van der Waals surface area contributed by atoms with E-state index < -0.39 is 11.8 Å². The van der Waals surface area contributed by atoms with Gasteiger partial charge in [-0.25, -0.2) is 0 Å². The van der Waals surface area contributed by atoms with Crippen LogP contribution in [0.25, 0.3) is 11.3 Å². The lowest BCUT2D eigenvalue weighted by molar-refractivity contribution is 0.706. The summed E-state index contributed by atoms with van der Waals surface area (Å²) in [5.74, 6) is -1.71. The molecule has 0 aliphatic rings. The van der Waals surface area contributed by atoms with Crippen LogP contribution in [0.1, 0.15) is 17.0 Å². The molecule has 0 aliphatic heterocycles. The first kappa shape index (κ1) is 16.6. The molecule has 6 heteroatoms. The molecular weight excluding hydrogens is 336 g/mol. The number of aromatic nitrogens is 2. The molecule has 0 saturated carbocycles.